The highest BCUT2D eigenvalue weighted by Gasteiger charge is 2.46. The quantitative estimate of drug-likeness (QED) is 0.419. The van der Waals surface area contributed by atoms with Crippen molar-refractivity contribution in [3.05, 3.63) is 0 Å². The molecule has 1 saturated heterocycles. The minimum atomic E-state index is -1.70. The van der Waals surface area contributed by atoms with E-state index < -0.39 is 42.6 Å². The largest absolute Gasteiger partial charge is 0.464 e. The summed E-state index contributed by atoms with van der Waals surface area (Å²) in [5.74, 6) is -0.938. The number of ether oxygens (including phenoxy) is 2. The zero-order valence-corrected chi connectivity index (χ0v) is 9.68. The third-order valence-electron chi connectivity index (χ3n) is 2.73. The molecule has 0 saturated carbocycles. The first-order chi connectivity index (χ1) is 7.90. The molecule has 0 aromatic heterocycles. The fourth-order valence-corrected chi connectivity index (χ4v) is 1.71. The van der Waals surface area contributed by atoms with Crippen molar-refractivity contribution in [3.63, 3.8) is 0 Å². The Balaban J connectivity index is 2.73. The molecule has 0 aliphatic carbocycles. The van der Waals surface area contributed by atoms with Gasteiger partial charge in [-0.05, 0) is 13.8 Å². The number of carbonyl (C=O) groups is 1. The molecule has 0 radical (unpaired) electrons. The van der Waals surface area contributed by atoms with E-state index in [0.717, 1.165) is 0 Å². The van der Waals surface area contributed by atoms with Crippen LogP contribution < -0.4 is 0 Å². The van der Waals surface area contributed by atoms with Gasteiger partial charge in [0.25, 0.3) is 0 Å². The molecule has 100 valence electrons. The van der Waals surface area contributed by atoms with Gasteiger partial charge in [0.2, 0.25) is 0 Å². The van der Waals surface area contributed by atoms with Crippen molar-refractivity contribution in [2.24, 2.45) is 0 Å². The molecule has 7 nitrogen and oxygen atoms in total. The van der Waals surface area contributed by atoms with Gasteiger partial charge in [-0.25, -0.2) is 4.79 Å². The number of aliphatic hydroxyl groups excluding tert-OH is 4. The van der Waals surface area contributed by atoms with Gasteiger partial charge in [0.05, 0.1) is 12.7 Å². The molecule has 7 heteroatoms. The Bertz CT molecular complexity index is 269. The van der Waals surface area contributed by atoms with Crippen LogP contribution in [-0.4, -0.2) is 69.6 Å². The molecule has 6 atom stereocenters. The third kappa shape index (κ3) is 2.93. The third-order valence-corrected chi connectivity index (χ3v) is 2.73. The Kier molecular flexibility index (Phi) is 4.84. The molecule has 17 heavy (non-hydrogen) atoms. The van der Waals surface area contributed by atoms with Gasteiger partial charge in [-0.3, -0.25) is 0 Å². The smallest absolute Gasteiger partial charge is 0.337 e. The maximum Gasteiger partial charge on any atom is 0.337 e. The average molecular weight is 250 g/mol. The van der Waals surface area contributed by atoms with Gasteiger partial charge in [-0.1, -0.05) is 0 Å². The van der Waals surface area contributed by atoms with Crippen LogP contribution in [0.2, 0.25) is 0 Å². The topological polar surface area (TPSA) is 116 Å². The van der Waals surface area contributed by atoms with E-state index in [4.69, 9.17) is 4.74 Å². The molecule has 1 aliphatic rings. The first kappa shape index (κ1) is 14.3. The summed E-state index contributed by atoms with van der Waals surface area (Å²) in [6, 6.07) is 0. The minimum Gasteiger partial charge on any atom is -0.464 e. The molecule has 1 aliphatic heterocycles. The van der Waals surface area contributed by atoms with Crippen molar-refractivity contribution in [2.75, 3.05) is 6.61 Å². The lowest BCUT2D eigenvalue weighted by Gasteiger charge is -2.40. The Labute approximate surface area is 98.6 Å². The monoisotopic (exact) mass is 250 g/mol. The summed E-state index contributed by atoms with van der Waals surface area (Å²) in [5.41, 5.74) is 0. The summed E-state index contributed by atoms with van der Waals surface area (Å²) in [5, 5.41) is 38.2. The van der Waals surface area contributed by atoms with E-state index in [1.807, 2.05) is 0 Å². The highest BCUT2D eigenvalue weighted by molar-refractivity contribution is 5.75. The van der Waals surface area contributed by atoms with Crippen LogP contribution in [0.5, 0.6) is 0 Å². The van der Waals surface area contributed by atoms with Crippen molar-refractivity contribution in [1.29, 1.82) is 0 Å². The van der Waals surface area contributed by atoms with E-state index in [1.165, 1.54) is 6.92 Å². The highest BCUT2D eigenvalue weighted by atomic mass is 16.6. The van der Waals surface area contributed by atoms with E-state index in [1.54, 1.807) is 6.92 Å². The molecule has 0 amide bonds. The molecule has 4 N–H and O–H groups in total. The normalized spacial score (nSPS) is 39.8. The number of esters is 1. The van der Waals surface area contributed by atoms with Crippen LogP contribution in [0.1, 0.15) is 13.8 Å². The van der Waals surface area contributed by atoms with Crippen molar-refractivity contribution in [2.45, 2.75) is 50.5 Å². The van der Waals surface area contributed by atoms with Crippen LogP contribution in [-0.2, 0) is 14.3 Å². The number of hydrogen-bond donors (Lipinski definition) is 4. The van der Waals surface area contributed by atoms with Crippen LogP contribution in [0.3, 0.4) is 0 Å². The molecule has 0 spiro atoms. The van der Waals surface area contributed by atoms with Crippen molar-refractivity contribution >= 4 is 5.97 Å². The van der Waals surface area contributed by atoms with E-state index in [9.17, 15) is 25.2 Å². The second kappa shape index (κ2) is 5.74. The van der Waals surface area contributed by atoms with Gasteiger partial charge in [-0.15, -0.1) is 0 Å². The van der Waals surface area contributed by atoms with Crippen LogP contribution in [0, 0.1) is 0 Å². The predicted octanol–water partition coefficient (Wildman–Crippen LogP) is -2.22. The van der Waals surface area contributed by atoms with Gasteiger partial charge >= 0.3 is 5.97 Å². The lowest BCUT2D eigenvalue weighted by atomic mass is 9.93. The van der Waals surface area contributed by atoms with Gasteiger partial charge in [-0.2, -0.15) is 0 Å². The predicted molar refractivity (Wildman–Crippen MR) is 55.0 cm³/mol. The Morgan fingerprint density at radius 2 is 1.88 bits per heavy atom. The maximum absolute atomic E-state index is 11.3. The zero-order valence-electron chi connectivity index (χ0n) is 9.68. The maximum atomic E-state index is 11.3. The number of aliphatic hydroxyl groups is 4. The SMILES string of the molecule is CCOC(=O)C(O)C1O[C@@H](C)[C@H](O)[C@@H](O)[C@H]1O. The van der Waals surface area contributed by atoms with Crippen molar-refractivity contribution in [3.8, 4) is 0 Å². The fraction of sp³-hybridized carbons (Fsp3) is 0.900. The Morgan fingerprint density at radius 3 is 2.41 bits per heavy atom. The summed E-state index contributed by atoms with van der Waals surface area (Å²) in [4.78, 5) is 11.3. The average Bonchev–Trinajstić information content (AvgIpc) is 2.30. The van der Waals surface area contributed by atoms with Gasteiger partial charge in [0.1, 0.15) is 24.4 Å². The summed E-state index contributed by atoms with van der Waals surface area (Å²) >= 11 is 0. The molecule has 0 bridgehead atoms. The Hall–Kier alpha value is -0.730. The summed E-state index contributed by atoms with van der Waals surface area (Å²) < 4.78 is 9.68. The molecular weight excluding hydrogens is 232 g/mol. The molecular formula is C10H18O7. The lowest BCUT2D eigenvalue weighted by molar-refractivity contribution is -0.240. The molecule has 1 rings (SSSR count). The first-order valence-electron chi connectivity index (χ1n) is 5.44. The number of carbonyl (C=O) groups excluding carboxylic acids is 1. The number of hydrogen-bond acceptors (Lipinski definition) is 7. The van der Waals surface area contributed by atoms with E-state index >= 15 is 0 Å². The van der Waals surface area contributed by atoms with Crippen LogP contribution in [0.4, 0.5) is 0 Å². The molecule has 1 fully saturated rings. The van der Waals surface area contributed by atoms with E-state index in [0.29, 0.717) is 0 Å². The lowest BCUT2D eigenvalue weighted by Crippen LogP contribution is -2.61. The van der Waals surface area contributed by atoms with Crippen LogP contribution in [0.15, 0.2) is 0 Å². The standard InChI is InChI=1S/C10H18O7/c1-3-16-10(15)8(14)9-7(13)6(12)5(11)4(2)17-9/h4-9,11-14H,3H2,1-2H3/t4-,5-,6+,7+,8?,9?/m0/s1. The minimum absolute atomic E-state index is 0.0828. The summed E-state index contributed by atoms with van der Waals surface area (Å²) in [6.45, 7) is 3.12. The van der Waals surface area contributed by atoms with Gasteiger partial charge in [0, 0.05) is 0 Å². The van der Waals surface area contributed by atoms with E-state index in [2.05, 4.69) is 4.74 Å². The second-order valence-electron chi connectivity index (χ2n) is 3.97. The fourth-order valence-electron chi connectivity index (χ4n) is 1.71. The zero-order chi connectivity index (χ0) is 13.2. The molecule has 1 heterocycles. The van der Waals surface area contributed by atoms with E-state index in [-0.39, 0.29) is 6.61 Å². The van der Waals surface area contributed by atoms with Crippen molar-refractivity contribution < 1.29 is 34.7 Å². The Morgan fingerprint density at radius 1 is 1.29 bits per heavy atom. The van der Waals surface area contributed by atoms with Crippen LogP contribution in [0.25, 0.3) is 0 Å². The first-order valence-corrected chi connectivity index (χ1v) is 5.44. The number of rotatable bonds is 3. The molecule has 0 aromatic carbocycles. The van der Waals surface area contributed by atoms with Crippen molar-refractivity contribution in [1.82, 2.24) is 0 Å². The second-order valence-corrected chi connectivity index (χ2v) is 3.97. The molecule has 2 unspecified atom stereocenters. The molecule has 0 aromatic rings. The highest BCUT2D eigenvalue weighted by Crippen LogP contribution is 2.23. The summed E-state index contributed by atoms with van der Waals surface area (Å²) in [6.07, 6.45) is -8.12. The summed E-state index contributed by atoms with van der Waals surface area (Å²) in [7, 11) is 0. The van der Waals surface area contributed by atoms with Crippen LogP contribution >= 0.6 is 0 Å². The van der Waals surface area contributed by atoms with Gasteiger partial charge < -0.3 is 29.9 Å². The van der Waals surface area contributed by atoms with Gasteiger partial charge in [0.15, 0.2) is 6.10 Å².